The van der Waals surface area contributed by atoms with Gasteiger partial charge >= 0.3 is 0 Å². The molecule has 0 unspecified atom stereocenters. The van der Waals surface area contributed by atoms with Crippen LogP contribution < -0.4 is 26.4 Å². The van der Waals surface area contributed by atoms with Crippen molar-refractivity contribution >= 4 is 34.9 Å². The van der Waals surface area contributed by atoms with E-state index in [1.54, 1.807) is 61.7 Å². The van der Waals surface area contributed by atoms with Crippen LogP contribution in [0.2, 0.25) is 0 Å². The number of methoxy groups -OCH3 is 1. The van der Waals surface area contributed by atoms with E-state index in [2.05, 4.69) is 16.0 Å². The van der Waals surface area contributed by atoms with E-state index in [4.69, 9.17) is 10.5 Å². The number of nitrogens with two attached hydrogens (primary N) is 1. The summed E-state index contributed by atoms with van der Waals surface area (Å²) in [6, 6.07) is 21.1. The standard InChI is InChI=1S/C30H34N4O5/c1-19(2)17-25(30(38)33-24(27(35)28(31)36)18-20-11-5-4-6-12-20)34-29(37)21-13-7-8-14-22(21)32-23-15-9-10-16-26(23)39-3/h4-16,19,24-25,32H,17-18H2,1-3H3,(H2,31,36)(H,33,38)(H,34,37)/t24-,25-/m0/s1. The molecule has 3 aromatic rings. The molecule has 3 rings (SSSR count). The van der Waals surface area contributed by atoms with Gasteiger partial charge < -0.3 is 26.4 Å². The van der Waals surface area contributed by atoms with Crippen LogP contribution in [0.25, 0.3) is 0 Å². The fourth-order valence-electron chi connectivity index (χ4n) is 4.13. The number of Topliss-reactive ketones (excluding diaryl/α,β-unsaturated/α-hetero) is 1. The molecule has 0 fully saturated rings. The van der Waals surface area contributed by atoms with Gasteiger partial charge in [0, 0.05) is 6.42 Å². The van der Waals surface area contributed by atoms with Gasteiger partial charge in [0.25, 0.3) is 11.8 Å². The summed E-state index contributed by atoms with van der Waals surface area (Å²) >= 11 is 0. The second kappa shape index (κ2) is 13.8. The number of hydrogen-bond donors (Lipinski definition) is 4. The van der Waals surface area contributed by atoms with Crippen molar-refractivity contribution in [3.8, 4) is 5.75 Å². The number of primary amides is 1. The molecule has 5 N–H and O–H groups in total. The van der Waals surface area contributed by atoms with Gasteiger partial charge in [-0.2, -0.15) is 0 Å². The second-order valence-corrected chi connectivity index (χ2v) is 9.51. The van der Waals surface area contributed by atoms with Crippen LogP contribution in [0, 0.1) is 5.92 Å². The molecule has 3 aromatic carbocycles. The topological polar surface area (TPSA) is 140 Å². The molecule has 0 spiro atoms. The van der Waals surface area contributed by atoms with Crippen LogP contribution in [-0.4, -0.2) is 42.7 Å². The second-order valence-electron chi connectivity index (χ2n) is 9.51. The summed E-state index contributed by atoms with van der Waals surface area (Å²) in [6.45, 7) is 3.83. The molecule has 9 heteroatoms. The molecule has 0 aliphatic rings. The number of benzene rings is 3. The number of amides is 3. The van der Waals surface area contributed by atoms with E-state index in [-0.39, 0.29) is 12.3 Å². The van der Waals surface area contributed by atoms with Gasteiger partial charge in [-0.3, -0.25) is 19.2 Å². The van der Waals surface area contributed by atoms with E-state index < -0.39 is 35.6 Å². The highest BCUT2D eigenvalue weighted by Crippen LogP contribution is 2.28. The van der Waals surface area contributed by atoms with Crippen molar-refractivity contribution in [2.75, 3.05) is 12.4 Å². The average molecular weight is 531 g/mol. The van der Waals surface area contributed by atoms with Crippen LogP contribution in [0.3, 0.4) is 0 Å². The van der Waals surface area contributed by atoms with Gasteiger partial charge in [-0.1, -0.05) is 68.4 Å². The zero-order valence-electron chi connectivity index (χ0n) is 22.3. The summed E-state index contributed by atoms with van der Waals surface area (Å²) in [5.74, 6) is -2.46. The van der Waals surface area contributed by atoms with Crippen molar-refractivity contribution in [3.63, 3.8) is 0 Å². The van der Waals surface area contributed by atoms with Gasteiger partial charge in [-0.05, 0) is 42.2 Å². The lowest BCUT2D eigenvalue weighted by molar-refractivity contribution is -0.138. The quantitative estimate of drug-likeness (QED) is 0.250. The van der Waals surface area contributed by atoms with Crippen LogP contribution in [-0.2, 0) is 20.8 Å². The Kier molecular flexibility index (Phi) is 10.2. The number of ketones is 1. The Labute approximate surface area is 228 Å². The Morgan fingerprint density at radius 3 is 2.05 bits per heavy atom. The van der Waals surface area contributed by atoms with E-state index >= 15 is 0 Å². The van der Waals surface area contributed by atoms with E-state index in [0.29, 0.717) is 29.1 Å². The highest BCUT2D eigenvalue weighted by atomic mass is 16.5. The molecular formula is C30H34N4O5. The van der Waals surface area contributed by atoms with Crippen molar-refractivity contribution in [1.29, 1.82) is 0 Å². The van der Waals surface area contributed by atoms with Crippen LogP contribution in [0.4, 0.5) is 11.4 Å². The fourth-order valence-corrected chi connectivity index (χ4v) is 4.13. The smallest absolute Gasteiger partial charge is 0.287 e. The van der Waals surface area contributed by atoms with Crippen molar-refractivity contribution in [2.24, 2.45) is 11.7 Å². The number of hydrogen-bond acceptors (Lipinski definition) is 6. The summed E-state index contributed by atoms with van der Waals surface area (Å²) in [6.07, 6.45) is 0.394. The fraction of sp³-hybridized carbons (Fsp3) is 0.267. The van der Waals surface area contributed by atoms with Gasteiger partial charge in [0.2, 0.25) is 11.7 Å². The summed E-state index contributed by atoms with van der Waals surface area (Å²) < 4.78 is 5.40. The molecule has 0 aliphatic carbocycles. The van der Waals surface area contributed by atoms with Crippen LogP contribution in [0.15, 0.2) is 78.9 Å². The Hall–Kier alpha value is -4.66. The summed E-state index contributed by atoms with van der Waals surface area (Å²) in [5, 5.41) is 8.67. The van der Waals surface area contributed by atoms with Gasteiger partial charge in [0.1, 0.15) is 17.8 Å². The number of ether oxygens (including phenoxy) is 1. The summed E-state index contributed by atoms with van der Waals surface area (Å²) in [5.41, 5.74) is 7.52. The zero-order chi connectivity index (χ0) is 28.4. The van der Waals surface area contributed by atoms with Crippen LogP contribution in [0.1, 0.15) is 36.2 Å². The van der Waals surface area contributed by atoms with Crippen molar-refractivity contribution in [3.05, 3.63) is 90.0 Å². The predicted molar refractivity (Wildman–Crippen MR) is 150 cm³/mol. The molecule has 0 radical (unpaired) electrons. The molecule has 2 atom stereocenters. The van der Waals surface area contributed by atoms with E-state index in [1.807, 2.05) is 38.1 Å². The Morgan fingerprint density at radius 1 is 0.795 bits per heavy atom. The molecule has 0 saturated heterocycles. The third kappa shape index (κ3) is 8.16. The molecule has 9 nitrogen and oxygen atoms in total. The first-order valence-electron chi connectivity index (χ1n) is 12.7. The molecule has 0 bridgehead atoms. The largest absolute Gasteiger partial charge is 0.495 e. The minimum Gasteiger partial charge on any atom is -0.495 e. The van der Waals surface area contributed by atoms with Crippen molar-refractivity contribution in [1.82, 2.24) is 10.6 Å². The minimum absolute atomic E-state index is 0.0439. The Morgan fingerprint density at radius 2 is 1.41 bits per heavy atom. The number of rotatable bonds is 13. The normalized spacial score (nSPS) is 12.2. The monoisotopic (exact) mass is 530 g/mol. The van der Waals surface area contributed by atoms with Gasteiger partial charge in [-0.25, -0.2) is 0 Å². The maximum Gasteiger partial charge on any atom is 0.287 e. The van der Waals surface area contributed by atoms with Crippen molar-refractivity contribution < 1.29 is 23.9 Å². The zero-order valence-corrected chi connectivity index (χ0v) is 22.3. The molecule has 204 valence electrons. The average Bonchev–Trinajstić information content (AvgIpc) is 2.92. The molecule has 0 saturated carbocycles. The predicted octanol–water partition coefficient (Wildman–Crippen LogP) is 3.37. The van der Waals surface area contributed by atoms with Gasteiger partial charge in [0.05, 0.1) is 24.0 Å². The minimum atomic E-state index is -1.16. The summed E-state index contributed by atoms with van der Waals surface area (Å²) in [7, 11) is 1.56. The van der Waals surface area contributed by atoms with Crippen LogP contribution in [0.5, 0.6) is 5.75 Å². The van der Waals surface area contributed by atoms with Crippen molar-refractivity contribution in [2.45, 2.75) is 38.8 Å². The first-order chi connectivity index (χ1) is 18.7. The number of para-hydroxylation sites is 3. The number of nitrogens with one attached hydrogen (secondary N) is 3. The highest BCUT2D eigenvalue weighted by Gasteiger charge is 2.30. The number of carbonyl (C=O) groups is 4. The van der Waals surface area contributed by atoms with Crippen LogP contribution >= 0.6 is 0 Å². The van der Waals surface area contributed by atoms with E-state index in [9.17, 15) is 19.2 Å². The van der Waals surface area contributed by atoms with E-state index in [1.165, 1.54) is 0 Å². The maximum atomic E-state index is 13.4. The Bertz CT molecular complexity index is 1310. The first kappa shape index (κ1) is 28.9. The molecular weight excluding hydrogens is 496 g/mol. The molecule has 39 heavy (non-hydrogen) atoms. The van der Waals surface area contributed by atoms with Gasteiger partial charge in [-0.15, -0.1) is 0 Å². The third-order valence-corrected chi connectivity index (χ3v) is 6.04. The molecule has 3 amide bonds. The molecule has 0 aromatic heterocycles. The third-order valence-electron chi connectivity index (χ3n) is 6.04. The van der Waals surface area contributed by atoms with E-state index in [0.717, 1.165) is 5.56 Å². The first-order valence-corrected chi connectivity index (χ1v) is 12.7. The lowest BCUT2D eigenvalue weighted by atomic mass is 9.99. The lowest BCUT2D eigenvalue weighted by Gasteiger charge is -2.24. The lowest BCUT2D eigenvalue weighted by Crippen LogP contribution is -2.54. The summed E-state index contributed by atoms with van der Waals surface area (Å²) in [4.78, 5) is 51.0. The Balaban J connectivity index is 1.82. The highest BCUT2D eigenvalue weighted by molar-refractivity contribution is 6.38. The number of anilines is 2. The SMILES string of the molecule is COc1ccccc1Nc1ccccc1C(=O)N[C@@H](CC(C)C)C(=O)N[C@@H](Cc1ccccc1)C(=O)C(N)=O. The molecule has 0 aliphatic heterocycles. The van der Waals surface area contributed by atoms with Gasteiger partial charge in [0.15, 0.2) is 0 Å². The number of carbonyl (C=O) groups excluding carboxylic acids is 4. The maximum absolute atomic E-state index is 13.4. The molecule has 0 heterocycles.